The Morgan fingerprint density at radius 2 is 2.29 bits per heavy atom. The molecule has 0 bridgehead atoms. The number of ether oxygens (including phenoxy) is 1. The third-order valence-corrected chi connectivity index (χ3v) is 4.45. The van der Waals surface area contributed by atoms with Crippen molar-refractivity contribution in [2.24, 2.45) is 5.92 Å². The first-order chi connectivity index (χ1) is 9.83. The van der Waals surface area contributed by atoms with Gasteiger partial charge in [-0.05, 0) is 57.7 Å². The minimum atomic E-state index is -0.421. The molecule has 0 aromatic carbocycles. The fraction of sp³-hybridized carbons (Fsp3) is 0.625. The van der Waals surface area contributed by atoms with Crippen LogP contribution in [0.5, 0.6) is 0 Å². The zero-order chi connectivity index (χ0) is 15.5. The van der Waals surface area contributed by atoms with Gasteiger partial charge in [-0.3, -0.25) is 0 Å². The van der Waals surface area contributed by atoms with E-state index >= 15 is 0 Å². The number of aromatic nitrogens is 1. The molecule has 2 rings (SSSR count). The van der Waals surface area contributed by atoms with Crippen LogP contribution >= 0.6 is 11.8 Å². The number of amides is 1. The van der Waals surface area contributed by atoms with Crippen molar-refractivity contribution < 1.29 is 9.53 Å². The van der Waals surface area contributed by atoms with Gasteiger partial charge in [-0.2, -0.15) is 0 Å². The lowest BCUT2D eigenvalue weighted by Gasteiger charge is -2.24. The largest absolute Gasteiger partial charge is 0.444 e. The van der Waals surface area contributed by atoms with Crippen LogP contribution in [0.25, 0.3) is 0 Å². The zero-order valence-corrected chi connectivity index (χ0v) is 14.1. The Morgan fingerprint density at radius 1 is 1.52 bits per heavy atom. The number of carbonyl (C=O) groups is 1. The first-order valence-electron chi connectivity index (χ1n) is 7.37. The standard InChI is InChI=1S/C16H24N2O2S/c1-12-5-7-17-14(9-12)21-11-13-6-8-18(10-13)15(19)20-16(2,3)4/h5,7,9,13H,6,8,10-11H2,1-4H3/t13-/m1/s1. The smallest absolute Gasteiger partial charge is 0.410 e. The number of likely N-dealkylation sites (tertiary alicyclic amines) is 1. The van der Waals surface area contributed by atoms with Crippen molar-refractivity contribution in [2.75, 3.05) is 18.8 Å². The SMILES string of the molecule is Cc1ccnc(SC[C@@H]2CCN(C(=O)OC(C)(C)C)C2)c1. The monoisotopic (exact) mass is 308 g/mol. The van der Waals surface area contributed by atoms with Gasteiger partial charge in [0.1, 0.15) is 5.60 Å². The van der Waals surface area contributed by atoms with Gasteiger partial charge in [0.05, 0.1) is 5.03 Å². The average Bonchev–Trinajstić information content (AvgIpc) is 2.83. The second kappa shape index (κ2) is 6.69. The lowest BCUT2D eigenvalue weighted by molar-refractivity contribution is 0.0289. The molecule has 0 N–H and O–H groups in total. The molecule has 116 valence electrons. The van der Waals surface area contributed by atoms with Gasteiger partial charge in [0.2, 0.25) is 0 Å². The Hall–Kier alpha value is -1.23. The molecule has 0 unspecified atom stereocenters. The van der Waals surface area contributed by atoms with Crippen LogP contribution in [-0.4, -0.2) is 40.4 Å². The van der Waals surface area contributed by atoms with Crippen molar-refractivity contribution in [1.82, 2.24) is 9.88 Å². The summed E-state index contributed by atoms with van der Waals surface area (Å²) in [6.45, 7) is 9.35. The van der Waals surface area contributed by atoms with E-state index in [4.69, 9.17) is 4.74 Å². The highest BCUT2D eigenvalue weighted by Crippen LogP contribution is 2.26. The molecular formula is C16H24N2O2S. The Morgan fingerprint density at radius 3 is 2.95 bits per heavy atom. The van der Waals surface area contributed by atoms with Crippen molar-refractivity contribution in [3.63, 3.8) is 0 Å². The number of aryl methyl sites for hydroxylation is 1. The lowest BCUT2D eigenvalue weighted by atomic mass is 10.2. The third kappa shape index (κ3) is 5.23. The van der Waals surface area contributed by atoms with Gasteiger partial charge < -0.3 is 9.64 Å². The second-order valence-corrected chi connectivity index (χ2v) is 7.60. The summed E-state index contributed by atoms with van der Waals surface area (Å²) in [6, 6.07) is 4.11. The molecule has 1 aromatic rings. The van der Waals surface area contributed by atoms with Crippen LogP contribution in [0.3, 0.4) is 0 Å². The Balaban J connectivity index is 1.79. The van der Waals surface area contributed by atoms with Crippen molar-refractivity contribution in [1.29, 1.82) is 0 Å². The zero-order valence-electron chi connectivity index (χ0n) is 13.3. The minimum absolute atomic E-state index is 0.191. The number of hydrogen-bond donors (Lipinski definition) is 0. The van der Waals surface area contributed by atoms with Crippen LogP contribution in [0.15, 0.2) is 23.4 Å². The summed E-state index contributed by atoms with van der Waals surface area (Å²) in [6.07, 6.45) is 2.70. The van der Waals surface area contributed by atoms with E-state index in [0.29, 0.717) is 5.92 Å². The molecule has 0 aliphatic carbocycles. The molecule has 0 radical (unpaired) electrons. The van der Waals surface area contributed by atoms with E-state index in [9.17, 15) is 4.79 Å². The number of rotatable bonds is 3. The highest BCUT2D eigenvalue weighted by Gasteiger charge is 2.29. The van der Waals surface area contributed by atoms with Crippen molar-refractivity contribution in [2.45, 2.75) is 44.7 Å². The normalized spacial score (nSPS) is 18.9. The fourth-order valence-electron chi connectivity index (χ4n) is 2.25. The quantitative estimate of drug-likeness (QED) is 0.798. The van der Waals surface area contributed by atoms with Crippen LogP contribution in [-0.2, 0) is 4.74 Å². The summed E-state index contributed by atoms with van der Waals surface area (Å²) in [5.74, 6) is 1.51. The van der Waals surface area contributed by atoms with Crippen LogP contribution in [0.4, 0.5) is 4.79 Å². The summed E-state index contributed by atoms with van der Waals surface area (Å²) >= 11 is 1.77. The van der Waals surface area contributed by atoms with E-state index in [1.807, 2.05) is 37.9 Å². The second-order valence-electron chi connectivity index (χ2n) is 6.56. The molecule has 1 amide bonds. The molecule has 1 aliphatic rings. The molecule has 1 aliphatic heterocycles. The Bertz CT molecular complexity index is 499. The molecule has 2 heterocycles. The molecule has 1 aromatic heterocycles. The van der Waals surface area contributed by atoms with Crippen molar-refractivity contribution >= 4 is 17.9 Å². The van der Waals surface area contributed by atoms with E-state index in [0.717, 1.165) is 30.3 Å². The van der Waals surface area contributed by atoms with Gasteiger partial charge in [-0.1, -0.05) is 0 Å². The van der Waals surface area contributed by atoms with Crippen LogP contribution in [0, 0.1) is 12.8 Å². The maximum absolute atomic E-state index is 12.0. The van der Waals surface area contributed by atoms with Gasteiger partial charge in [0.25, 0.3) is 0 Å². The van der Waals surface area contributed by atoms with Gasteiger partial charge in [0.15, 0.2) is 0 Å². The van der Waals surface area contributed by atoms with E-state index in [2.05, 4.69) is 18.0 Å². The van der Waals surface area contributed by atoms with Gasteiger partial charge in [0, 0.05) is 25.0 Å². The van der Waals surface area contributed by atoms with Gasteiger partial charge in [-0.15, -0.1) is 11.8 Å². The Labute approximate surface area is 131 Å². The summed E-state index contributed by atoms with van der Waals surface area (Å²) in [5.41, 5.74) is 0.810. The van der Waals surface area contributed by atoms with Crippen LogP contribution < -0.4 is 0 Å². The predicted molar refractivity (Wildman–Crippen MR) is 85.6 cm³/mol. The average molecular weight is 308 g/mol. The maximum Gasteiger partial charge on any atom is 0.410 e. The fourth-order valence-corrected chi connectivity index (χ4v) is 3.33. The summed E-state index contributed by atoms with van der Waals surface area (Å²) < 4.78 is 5.42. The molecule has 21 heavy (non-hydrogen) atoms. The maximum atomic E-state index is 12.0. The van der Waals surface area contributed by atoms with Crippen molar-refractivity contribution in [3.05, 3.63) is 23.9 Å². The molecule has 0 saturated carbocycles. The molecule has 0 spiro atoms. The Kier molecular flexibility index (Phi) is 5.14. The first-order valence-corrected chi connectivity index (χ1v) is 8.35. The minimum Gasteiger partial charge on any atom is -0.444 e. The number of nitrogens with zero attached hydrogens (tertiary/aromatic N) is 2. The van der Waals surface area contributed by atoms with Gasteiger partial charge in [-0.25, -0.2) is 9.78 Å². The van der Waals surface area contributed by atoms with Crippen molar-refractivity contribution in [3.8, 4) is 0 Å². The lowest BCUT2D eigenvalue weighted by Crippen LogP contribution is -2.35. The predicted octanol–water partition coefficient (Wildman–Crippen LogP) is 3.74. The summed E-state index contributed by atoms with van der Waals surface area (Å²) in [7, 11) is 0. The summed E-state index contributed by atoms with van der Waals surface area (Å²) in [4.78, 5) is 18.2. The number of hydrogen-bond acceptors (Lipinski definition) is 4. The highest BCUT2D eigenvalue weighted by molar-refractivity contribution is 7.99. The van der Waals surface area contributed by atoms with Gasteiger partial charge >= 0.3 is 6.09 Å². The van der Waals surface area contributed by atoms with Crippen LogP contribution in [0.2, 0.25) is 0 Å². The number of pyridine rings is 1. The molecule has 1 fully saturated rings. The molecule has 1 atom stereocenters. The number of thioether (sulfide) groups is 1. The summed E-state index contributed by atoms with van der Waals surface area (Å²) in [5, 5.41) is 1.06. The molecule has 4 nitrogen and oxygen atoms in total. The van der Waals surface area contributed by atoms with E-state index in [-0.39, 0.29) is 6.09 Å². The molecule has 5 heteroatoms. The third-order valence-electron chi connectivity index (χ3n) is 3.29. The topological polar surface area (TPSA) is 42.4 Å². The first kappa shape index (κ1) is 16.1. The highest BCUT2D eigenvalue weighted by atomic mass is 32.2. The number of carbonyl (C=O) groups excluding carboxylic acids is 1. The molecular weight excluding hydrogens is 284 g/mol. The van der Waals surface area contributed by atoms with E-state index in [1.165, 1.54) is 5.56 Å². The van der Waals surface area contributed by atoms with E-state index in [1.54, 1.807) is 11.8 Å². The van der Waals surface area contributed by atoms with E-state index < -0.39 is 5.60 Å². The molecule has 1 saturated heterocycles. The van der Waals surface area contributed by atoms with Crippen LogP contribution in [0.1, 0.15) is 32.8 Å².